The Morgan fingerprint density at radius 3 is 3.05 bits per heavy atom. The van der Waals surface area contributed by atoms with Gasteiger partial charge in [0.2, 0.25) is 5.91 Å². The number of hydrogen-bond donors (Lipinski definition) is 1. The first-order valence-corrected chi connectivity index (χ1v) is 7.77. The average molecular weight is 299 g/mol. The highest BCUT2D eigenvalue weighted by atomic mass is 16.1. The predicted molar refractivity (Wildman–Crippen MR) is 81.8 cm³/mol. The molecule has 0 aliphatic heterocycles. The van der Waals surface area contributed by atoms with Gasteiger partial charge < -0.3 is 5.32 Å². The molecule has 1 fully saturated rings. The van der Waals surface area contributed by atoms with E-state index in [1.807, 2.05) is 6.07 Å². The fourth-order valence-electron chi connectivity index (χ4n) is 2.66. The Kier molecular flexibility index (Phi) is 4.46. The van der Waals surface area contributed by atoms with Crippen molar-refractivity contribution in [2.24, 2.45) is 5.92 Å². The molecule has 2 heterocycles. The molecule has 1 N–H and O–H groups in total. The van der Waals surface area contributed by atoms with Crippen molar-refractivity contribution < 1.29 is 4.79 Å². The molecule has 0 spiro atoms. The maximum absolute atomic E-state index is 12.2. The molecule has 0 saturated heterocycles. The summed E-state index contributed by atoms with van der Waals surface area (Å²) in [4.78, 5) is 20.6. The number of hydrogen-bond acceptors (Lipinski definition) is 4. The van der Waals surface area contributed by atoms with E-state index in [0.29, 0.717) is 18.9 Å². The van der Waals surface area contributed by atoms with Crippen LogP contribution in [-0.4, -0.2) is 25.7 Å². The Bertz CT molecular complexity index is 621. The number of amides is 1. The van der Waals surface area contributed by atoms with E-state index < -0.39 is 0 Å². The van der Waals surface area contributed by atoms with Gasteiger partial charge in [-0.25, -0.2) is 4.98 Å². The zero-order valence-electron chi connectivity index (χ0n) is 12.8. The molecule has 3 rings (SSSR count). The lowest BCUT2D eigenvalue weighted by Gasteiger charge is -2.19. The third-order valence-corrected chi connectivity index (χ3v) is 4.01. The number of carbonyl (C=O) groups is 1. The largest absolute Gasteiger partial charge is 0.347 e. The minimum atomic E-state index is 0.0556. The molecule has 0 radical (unpaired) electrons. The van der Waals surface area contributed by atoms with Gasteiger partial charge >= 0.3 is 0 Å². The number of nitrogens with one attached hydrogen (secondary N) is 1. The van der Waals surface area contributed by atoms with Crippen molar-refractivity contribution in [2.45, 2.75) is 45.2 Å². The Balaban J connectivity index is 1.55. The average Bonchev–Trinajstić information content (AvgIpc) is 3.23. The number of rotatable bonds is 7. The highest BCUT2D eigenvalue weighted by Crippen LogP contribution is 2.41. The SMILES string of the molecule is Cc1cccnc1[C@@H](NC(=O)CCCn1cncn1)C1CC1. The molecule has 2 aromatic rings. The van der Waals surface area contributed by atoms with Gasteiger partial charge in [-0.3, -0.25) is 14.5 Å². The number of nitrogens with zero attached hydrogens (tertiary/aromatic N) is 4. The fraction of sp³-hybridized carbons (Fsp3) is 0.500. The lowest BCUT2D eigenvalue weighted by Crippen LogP contribution is -2.31. The number of carbonyl (C=O) groups excluding carboxylic acids is 1. The Labute approximate surface area is 130 Å². The van der Waals surface area contributed by atoms with Crippen LogP contribution >= 0.6 is 0 Å². The third-order valence-electron chi connectivity index (χ3n) is 4.01. The molecule has 1 aliphatic rings. The van der Waals surface area contributed by atoms with Gasteiger partial charge in [-0.2, -0.15) is 5.10 Å². The van der Waals surface area contributed by atoms with Crippen molar-refractivity contribution in [3.63, 3.8) is 0 Å². The minimum Gasteiger partial charge on any atom is -0.347 e. The summed E-state index contributed by atoms with van der Waals surface area (Å²) in [5, 5.41) is 7.20. The molecule has 116 valence electrons. The van der Waals surface area contributed by atoms with Crippen LogP contribution in [-0.2, 0) is 11.3 Å². The Morgan fingerprint density at radius 2 is 2.36 bits per heavy atom. The van der Waals surface area contributed by atoms with Gasteiger partial charge in [-0.1, -0.05) is 6.07 Å². The van der Waals surface area contributed by atoms with Crippen molar-refractivity contribution in [2.75, 3.05) is 0 Å². The molecular formula is C16H21N5O. The number of aromatic nitrogens is 4. The van der Waals surface area contributed by atoms with E-state index in [2.05, 4.69) is 33.4 Å². The monoisotopic (exact) mass is 299 g/mol. The summed E-state index contributed by atoms with van der Waals surface area (Å²) in [6.45, 7) is 2.76. The van der Waals surface area contributed by atoms with Gasteiger partial charge in [0.1, 0.15) is 12.7 Å². The van der Waals surface area contributed by atoms with Crippen LogP contribution < -0.4 is 5.32 Å². The van der Waals surface area contributed by atoms with Crippen LogP contribution in [0.1, 0.15) is 43.0 Å². The first kappa shape index (κ1) is 14.7. The molecule has 6 heteroatoms. The molecule has 1 atom stereocenters. The van der Waals surface area contributed by atoms with E-state index in [4.69, 9.17) is 0 Å². The second-order valence-electron chi connectivity index (χ2n) is 5.85. The van der Waals surface area contributed by atoms with Gasteiger partial charge in [-0.05, 0) is 43.7 Å². The summed E-state index contributed by atoms with van der Waals surface area (Å²) in [6, 6.07) is 4.04. The molecule has 1 aliphatic carbocycles. The van der Waals surface area contributed by atoms with Crippen LogP contribution in [0.4, 0.5) is 0 Å². The van der Waals surface area contributed by atoms with Crippen LogP contribution in [0.25, 0.3) is 0 Å². The summed E-state index contributed by atoms with van der Waals surface area (Å²) in [5.41, 5.74) is 2.15. The van der Waals surface area contributed by atoms with Gasteiger partial charge in [0, 0.05) is 19.2 Å². The van der Waals surface area contributed by atoms with Gasteiger partial charge in [0.15, 0.2) is 0 Å². The lowest BCUT2D eigenvalue weighted by atomic mass is 10.0. The van der Waals surface area contributed by atoms with Crippen LogP contribution in [0, 0.1) is 12.8 Å². The summed E-state index contributed by atoms with van der Waals surface area (Å²) < 4.78 is 1.74. The van der Waals surface area contributed by atoms with Crippen LogP contribution in [0.15, 0.2) is 31.0 Å². The van der Waals surface area contributed by atoms with Crippen LogP contribution in [0.5, 0.6) is 0 Å². The van der Waals surface area contributed by atoms with Gasteiger partial charge in [-0.15, -0.1) is 0 Å². The normalized spacial score (nSPS) is 15.5. The van der Waals surface area contributed by atoms with Crippen LogP contribution in [0.2, 0.25) is 0 Å². The zero-order chi connectivity index (χ0) is 15.4. The molecular weight excluding hydrogens is 278 g/mol. The topological polar surface area (TPSA) is 72.7 Å². The van der Waals surface area contributed by atoms with E-state index in [1.165, 1.54) is 19.2 Å². The van der Waals surface area contributed by atoms with Crippen molar-refractivity contribution in [1.82, 2.24) is 25.1 Å². The Morgan fingerprint density at radius 1 is 1.50 bits per heavy atom. The predicted octanol–water partition coefficient (Wildman–Crippen LogP) is 2.03. The lowest BCUT2D eigenvalue weighted by molar-refractivity contribution is -0.122. The third kappa shape index (κ3) is 3.69. The summed E-state index contributed by atoms with van der Waals surface area (Å²) in [7, 11) is 0. The van der Waals surface area contributed by atoms with Crippen molar-refractivity contribution in [3.8, 4) is 0 Å². The van der Waals surface area contributed by atoms with Crippen molar-refractivity contribution >= 4 is 5.91 Å². The molecule has 0 bridgehead atoms. The first-order valence-electron chi connectivity index (χ1n) is 7.77. The van der Waals surface area contributed by atoms with E-state index in [1.54, 1.807) is 17.2 Å². The molecule has 1 saturated carbocycles. The summed E-state index contributed by atoms with van der Waals surface area (Å²) in [5.74, 6) is 0.620. The highest BCUT2D eigenvalue weighted by molar-refractivity contribution is 5.76. The standard InChI is InChI=1S/C16H21N5O/c1-12-4-2-8-18-15(12)16(13-6-7-13)20-14(22)5-3-9-21-11-17-10-19-21/h2,4,8,10-11,13,16H,3,5-7,9H2,1H3,(H,20,22)/t16-/m0/s1. The zero-order valence-corrected chi connectivity index (χ0v) is 12.8. The summed E-state index contributed by atoms with van der Waals surface area (Å²) >= 11 is 0. The number of aryl methyl sites for hydroxylation is 2. The van der Waals surface area contributed by atoms with E-state index >= 15 is 0 Å². The second kappa shape index (κ2) is 6.68. The van der Waals surface area contributed by atoms with Crippen molar-refractivity contribution in [3.05, 3.63) is 42.2 Å². The highest BCUT2D eigenvalue weighted by Gasteiger charge is 2.34. The first-order chi connectivity index (χ1) is 10.7. The minimum absolute atomic E-state index is 0.0556. The summed E-state index contributed by atoms with van der Waals surface area (Å²) in [6.07, 6.45) is 8.56. The molecule has 0 aromatic carbocycles. The fourth-order valence-corrected chi connectivity index (χ4v) is 2.66. The molecule has 1 amide bonds. The number of pyridine rings is 1. The Hall–Kier alpha value is -2.24. The maximum Gasteiger partial charge on any atom is 0.220 e. The molecule has 6 nitrogen and oxygen atoms in total. The van der Waals surface area contributed by atoms with Crippen LogP contribution in [0.3, 0.4) is 0 Å². The van der Waals surface area contributed by atoms with E-state index in [0.717, 1.165) is 17.7 Å². The van der Waals surface area contributed by atoms with E-state index in [9.17, 15) is 4.79 Å². The van der Waals surface area contributed by atoms with Gasteiger partial charge in [0.25, 0.3) is 0 Å². The molecule has 2 aromatic heterocycles. The molecule has 22 heavy (non-hydrogen) atoms. The quantitative estimate of drug-likeness (QED) is 0.849. The van der Waals surface area contributed by atoms with Crippen molar-refractivity contribution in [1.29, 1.82) is 0 Å². The second-order valence-corrected chi connectivity index (χ2v) is 5.85. The smallest absolute Gasteiger partial charge is 0.220 e. The molecule has 0 unspecified atom stereocenters. The van der Waals surface area contributed by atoms with E-state index in [-0.39, 0.29) is 11.9 Å². The van der Waals surface area contributed by atoms with Gasteiger partial charge in [0.05, 0.1) is 11.7 Å². The maximum atomic E-state index is 12.2.